The second-order valence-corrected chi connectivity index (χ2v) is 7.01. The Morgan fingerprint density at radius 1 is 1.12 bits per heavy atom. The lowest BCUT2D eigenvalue weighted by atomic mass is 10.1. The Bertz CT molecular complexity index is 806. The van der Waals surface area contributed by atoms with Crippen LogP contribution in [0.25, 0.3) is 0 Å². The fourth-order valence-electron chi connectivity index (χ4n) is 3.90. The van der Waals surface area contributed by atoms with Crippen LogP contribution in [0.4, 0.5) is 11.4 Å². The highest BCUT2D eigenvalue weighted by molar-refractivity contribution is 6.04. The number of nitrogens with one attached hydrogen (secondary N) is 2. The van der Waals surface area contributed by atoms with Gasteiger partial charge in [-0.3, -0.25) is 9.59 Å². The number of benzene rings is 2. The summed E-state index contributed by atoms with van der Waals surface area (Å²) in [6, 6.07) is 17.9. The third-order valence-corrected chi connectivity index (χ3v) is 5.15. The molecule has 0 saturated carbocycles. The number of para-hydroxylation sites is 2. The summed E-state index contributed by atoms with van der Waals surface area (Å²) in [7, 11) is 0. The van der Waals surface area contributed by atoms with Gasteiger partial charge in [-0.15, -0.1) is 0 Å². The van der Waals surface area contributed by atoms with Gasteiger partial charge in [0.2, 0.25) is 11.8 Å². The topological polar surface area (TPSA) is 61.4 Å². The van der Waals surface area contributed by atoms with Crippen LogP contribution >= 0.6 is 0 Å². The van der Waals surface area contributed by atoms with Crippen LogP contribution in [-0.4, -0.2) is 30.4 Å². The van der Waals surface area contributed by atoms with Gasteiger partial charge in [0.05, 0.1) is 11.4 Å². The van der Waals surface area contributed by atoms with E-state index in [0.29, 0.717) is 19.4 Å². The Hall–Kier alpha value is -2.82. The quantitative estimate of drug-likeness (QED) is 0.872. The van der Waals surface area contributed by atoms with Crippen LogP contribution in [0.3, 0.4) is 0 Å². The summed E-state index contributed by atoms with van der Waals surface area (Å²) in [4.78, 5) is 26.7. The molecule has 2 N–H and O–H groups in total. The van der Waals surface area contributed by atoms with Gasteiger partial charge in [0.25, 0.3) is 0 Å². The summed E-state index contributed by atoms with van der Waals surface area (Å²) in [6.07, 6.45) is 2.91. The third kappa shape index (κ3) is 3.43. The maximum absolute atomic E-state index is 12.3. The summed E-state index contributed by atoms with van der Waals surface area (Å²) in [5.74, 6) is 0.0870. The number of aryl methyl sites for hydroxylation is 1. The smallest absolute Gasteiger partial charge is 0.247 e. The minimum Gasteiger partial charge on any atom is -0.356 e. The molecule has 134 valence electrons. The van der Waals surface area contributed by atoms with E-state index >= 15 is 0 Å². The standard InChI is InChI=1S/C21H23N3O2/c25-20(12-6-9-15-7-2-1-3-8-15)22-16-13-19-21(26)23-17-10-4-5-11-18(17)24(19)14-16/h1-5,7-8,10-11,16,19H,6,9,12-14H2,(H,22,25)(H,23,26). The average Bonchev–Trinajstić information content (AvgIpc) is 3.07. The molecule has 2 aliphatic heterocycles. The van der Waals surface area contributed by atoms with E-state index in [9.17, 15) is 9.59 Å². The Morgan fingerprint density at radius 3 is 2.73 bits per heavy atom. The van der Waals surface area contributed by atoms with Crippen molar-refractivity contribution in [1.82, 2.24) is 5.32 Å². The Morgan fingerprint density at radius 2 is 1.88 bits per heavy atom. The molecule has 2 aromatic rings. The second kappa shape index (κ2) is 7.20. The van der Waals surface area contributed by atoms with Gasteiger partial charge in [-0.1, -0.05) is 42.5 Å². The lowest BCUT2D eigenvalue weighted by molar-refractivity contribution is -0.122. The number of hydrogen-bond donors (Lipinski definition) is 2. The zero-order valence-corrected chi connectivity index (χ0v) is 14.7. The van der Waals surface area contributed by atoms with Crippen LogP contribution in [-0.2, 0) is 16.0 Å². The van der Waals surface area contributed by atoms with Gasteiger partial charge in [0.15, 0.2) is 0 Å². The number of nitrogens with zero attached hydrogens (tertiary/aromatic N) is 1. The van der Waals surface area contributed by atoms with Crippen LogP contribution in [0.15, 0.2) is 54.6 Å². The molecule has 4 rings (SSSR count). The van der Waals surface area contributed by atoms with Crippen molar-refractivity contribution in [2.75, 3.05) is 16.8 Å². The SMILES string of the molecule is O=C(CCCc1ccccc1)NC1CC2C(=O)Nc3ccccc3N2C1. The van der Waals surface area contributed by atoms with E-state index in [4.69, 9.17) is 0 Å². The molecule has 26 heavy (non-hydrogen) atoms. The number of amides is 2. The fraction of sp³-hybridized carbons (Fsp3) is 0.333. The first-order valence-corrected chi connectivity index (χ1v) is 9.20. The van der Waals surface area contributed by atoms with Crippen molar-refractivity contribution < 1.29 is 9.59 Å². The van der Waals surface area contributed by atoms with E-state index in [0.717, 1.165) is 24.2 Å². The van der Waals surface area contributed by atoms with Crippen LogP contribution in [0.5, 0.6) is 0 Å². The Kier molecular flexibility index (Phi) is 4.61. The van der Waals surface area contributed by atoms with E-state index < -0.39 is 0 Å². The van der Waals surface area contributed by atoms with Crippen LogP contribution < -0.4 is 15.5 Å². The van der Waals surface area contributed by atoms with Crippen molar-refractivity contribution in [2.24, 2.45) is 0 Å². The van der Waals surface area contributed by atoms with Gasteiger partial charge >= 0.3 is 0 Å². The second-order valence-electron chi connectivity index (χ2n) is 7.01. The highest BCUT2D eigenvalue weighted by atomic mass is 16.2. The number of fused-ring (bicyclic) bond motifs is 3. The first-order valence-electron chi connectivity index (χ1n) is 9.20. The highest BCUT2D eigenvalue weighted by Crippen LogP contribution is 2.36. The molecule has 0 radical (unpaired) electrons. The molecule has 0 aromatic heterocycles. The molecule has 0 spiro atoms. The molecule has 0 aliphatic carbocycles. The van der Waals surface area contributed by atoms with Crippen molar-refractivity contribution in [3.63, 3.8) is 0 Å². The number of hydrogen-bond acceptors (Lipinski definition) is 3. The van der Waals surface area contributed by atoms with Crippen molar-refractivity contribution in [1.29, 1.82) is 0 Å². The summed E-state index contributed by atoms with van der Waals surface area (Å²) in [5.41, 5.74) is 3.15. The van der Waals surface area contributed by atoms with Gasteiger partial charge in [-0.05, 0) is 37.0 Å². The number of rotatable bonds is 5. The monoisotopic (exact) mass is 349 g/mol. The summed E-state index contributed by atoms with van der Waals surface area (Å²) < 4.78 is 0. The van der Waals surface area contributed by atoms with Crippen LogP contribution in [0.2, 0.25) is 0 Å². The third-order valence-electron chi connectivity index (χ3n) is 5.15. The molecule has 2 unspecified atom stereocenters. The molecular formula is C21H23N3O2. The first-order chi connectivity index (χ1) is 12.7. The Balaban J connectivity index is 1.31. The number of anilines is 2. The molecule has 2 heterocycles. The molecule has 1 saturated heterocycles. The Labute approximate surface area is 153 Å². The van der Waals surface area contributed by atoms with E-state index in [-0.39, 0.29) is 23.9 Å². The van der Waals surface area contributed by atoms with Crippen molar-refractivity contribution >= 4 is 23.2 Å². The molecule has 2 amide bonds. The minimum absolute atomic E-state index is 0.0149. The van der Waals surface area contributed by atoms with Gasteiger partial charge in [0.1, 0.15) is 6.04 Å². The van der Waals surface area contributed by atoms with E-state index in [2.05, 4.69) is 27.7 Å². The zero-order valence-electron chi connectivity index (χ0n) is 14.7. The lowest BCUT2D eigenvalue weighted by Crippen LogP contribution is -2.44. The normalized spacial score (nSPS) is 20.9. The van der Waals surface area contributed by atoms with E-state index in [1.54, 1.807) is 0 Å². The van der Waals surface area contributed by atoms with Gasteiger partial charge in [-0.25, -0.2) is 0 Å². The van der Waals surface area contributed by atoms with Crippen molar-refractivity contribution in [3.8, 4) is 0 Å². The van der Waals surface area contributed by atoms with E-state index in [1.807, 2.05) is 42.5 Å². The molecule has 1 fully saturated rings. The minimum atomic E-state index is -0.195. The summed E-state index contributed by atoms with van der Waals surface area (Å²) >= 11 is 0. The molecule has 0 bridgehead atoms. The molecule has 5 nitrogen and oxygen atoms in total. The largest absolute Gasteiger partial charge is 0.356 e. The average molecular weight is 349 g/mol. The van der Waals surface area contributed by atoms with Crippen molar-refractivity contribution in [2.45, 2.75) is 37.8 Å². The highest BCUT2D eigenvalue weighted by Gasteiger charge is 2.41. The van der Waals surface area contributed by atoms with Gasteiger partial charge in [-0.2, -0.15) is 0 Å². The number of carbonyl (C=O) groups is 2. The van der Waals surface area contributed by atoms with E-state index in [1.165, 1.54) is 5.56 Å². The van der Waals surface area contributed by atoms with Crippen LogP contribution in [0, 0.1) is 0 Å². The molecule has 5 heteroatoms. The van der Waals surface area contributed by atoms with Crippen molar-refractivity contribution in [3.05, 3.63) is 60.2 Å². The van der Waals surface area contributed by atoms with Gasteiger partial charge in [0, 0.05) is 19.0 Å². The summed E-state index contributed by atoms with van der Waals surface area (Å²) in [5, 5.41) is 6.08. The zero-order chi connectivity index (χ0) is 17.9. The number of carbonyl (C=O) groups excluding carboxylic acids is 2. The fourth-order valence-corrected chi connectivity index (χ4v) is 3.90. The molecular weight excluding hydrogens is 326 g/mol. The molecule has 2 aromatic carbocycles. The maximum atomic E-state index is 12.3. The summed E-state index contributed by atoms with van der Waals surface area (Å²) in [6.45, 7) is 0.680. The predicted octanol–water partition coefficient (Wildman–Crippen LogP) is 2.73. The maximum Gasteiger partial charge on any atom is 0.247 e. The van der Waals surface area contributed by atoms with Crippen LogP contribution in [0.1, 0.15) is 24.8 Å². The lowest BCUT2D eigenvalue weighted by Gasteiger charge is -2.32. The molecule has 2 atom stereocenters. The predicted molar refractivity (Wildman–Crippen MR) is 102 cm³/mol. The first kappa shape index (κ1) is 16.6. The molecule has 2 aliphatic rings. The van der Waals surface area contributed by atoms with Gasteiger partial charge < -0.3 is 15.5 Å².